The minimum Gasteiger partial charge on any atom is -0.481 e. The predicted octanol–water partition coefficient (Wildman–Crippen LogP) is 0.308. The highest BCUT2D eigenvalue weighted by Gasteiger charge is 2.04. The lowest BCUT2D eigenvalue weighted by Crippen LogP contribution is -2.23. The maximum Gasteiger partial charge on any atom is 0.304 e. The first kappa shape index (κ1) is 12.4. The Morgan fingerprint density at radius 2 is 2.19 bits per heavy atom. The van der Waals surface area contributed by atoms with Gasteiger partial charge in [0.2, 0.25) is 5.91 Å². The van der Waals surface area contributed by atoms with Gasteiger partial charge in [-0.15, -0.1) is 0 Å². The van der Waals surface area contributed by atoms with Crippen LogP contribution in [0.25, 0.3) is 0 Å². The molecule has 1 aromatic rings. The van der Waals surface area contributed by atoms with E-state index in [4.69, 9.17) is 5.11 Å². The van der Waals surface area contributed by atoms with Gasteiger partial charge in [-0.25, -0.2) is 0 Å². The maximum absolute atomic E-state index is 11.2. The highest BCUT2D eigenvalue weighted by Crippen LogP contribution is 1.97. The zero-order valence-corrected chi connectivity index (χ0v) is 9.30. The van der Waals surface area contributed by atoms with Gasteiger partial charge in [0.15, 0.2) is 0 Å². The van der Waals surface area contributed by atoms with Crippen LogP contribution in [0.1, 0.15) is 25.0 Å². The number of aliphatic carboxylic acids is 1. The molecular formula is C9H12N2O4S. The summed E-state index contributed by atoms with van der Waals surface area (Å²) in [6.45, 7) is 0.268. The van der Waals surface area contributed by atoms with E-state index in [2.05, 4.69) is 10.3 Å². The lowest BCUT2D eigenvalue weighted by molar-refractivity contribution is -0.137. The number of carboxylic acid groups (broad SMARTS) is 1. The van der Waals surface area contributed by atoms with Gasteiger partial charge >= 0.3 is 10.8 Å². The molecule has 0 saturated carbocycles. The van der Waals surface area contributed by atoms with Crippen LogP contribution in [0.3, 0.4) is 0 Å². The fraction of sp³-hybridized carbons (Fsp3) is 0.444. The number of thiazole rings is 1. The molecule has 0 spiro atoms. The summed E-state index contributed by atoms with van der Waals surface area (Å²) in [5.41, 5.74) is 0.654. The van der Waals surface area contributed by atoms with E-state index >= 15 is 0 Å². The quantitative estimate of drug-likeness (QED) is 0.670. The number of nitrogens with one attached hydrogen (secondary N) is 2. The maximum atomic E-state index is 11.2. The van der Waals surface area contributed by atoms with Crippen LogP contribution in [0.4, 0.5) is 0 Å². The molecule has 3 N–H and O–H groups in total. The lowest BCUT2D eigenvalue weighted by Gasteiger charge is -2.02. The molecule has 0 aliphatic rings. The van der Waals surface area contributed by atoms with Crippen molar-refractivity contribution in [1.29, 1.82) is 0 Å². The first-order chi connectivity index (χ1) is 7.58. The van der Waals surface area contributed by atoms with Crippen molar-refractivity contribution in [3.8, 4) is 0 Å². The second-order valence-corrected chi connectivity index (χ2v) is 4.04. The molecule has 6 nitrogen and oxygen atoms in total. The van der Waals surface area contributed by atoms with Crippen molar-refractivity contribution in [1.82, 2.24) is 10.3 Å². The average molecular weight is 244 g/mol. The number of carboxylic acids is 1. The first-order valence-corrected chi connectivity index (χ1v) is 5.61. The van der Waals surface area contributed by atoms with Crippen molar-refractivity contribution in [2.45, 2.75) is 25.8 Å². The Labute approximate surface area is 95.3 Å². The number of hydrogen-bond acceptors (Lipinski definition) is 4. The molecule has 1 amide bonds. The van der Waals surface area contributed by atoms with Crippen molar-refractivity contribution in [2.75, 3.05) is 0 Å². The second kappa shape index (κ2) is 6.06. The lowest BCUT2D eigenvalue weighted by atomic mass is 10.2. The van der Waals surface area contributed by atoms with Crippen LogP contribution in [0.5, 0.6) is 0 Å². The standard InChI is InChI=1S/C9H12N2O4S/c12-7(2-1-3-8(13)14)10-4-6-5-16-9(15)11-6/h5H,1-4H2,(H,10,12)(H,11,15)(H,13,14). The first-order valence-electron chi connectivity index (χ1n) is 4.73. The van der Waals surface area contributed by atoms with Gasteiger partial charge in [-0.05, 0) is 6.42 Å². The van der Waals surface area contributed by atoms with E-state index in [1.165, 1.54) is 0 Å². The molecule has 0 fully saturated rings. The fourth-order valence-electron chi connectivity index (χ4n) is 1.08. The van der Waals surface area contributed by atoms with Crippen LogP contribution in [-0.4, -0.2) is 22.0 Å². The number of amides is 1. The van der Waals surface area contributed by atoms with Gasteiger partial charge in [0.25, 0.3) is 0 Å². The Kier molecular flexibility index (Phi) is 4.71. The van der Waals surface area contributed by atoms with E-state index in [0.29, 0.717) is 12.1 Å². The van der Waals surface area contributed by atoms with E-state index in [-0.39, 0.29) is 30.2 Å². The Hall–Kier alpha value is -1.63. The molecule has 0 unspecified atom stereocenters. The largest absolute Gasteiger partial charge is 0.481 e. The molecular weight excluding hydrogens is 232 g/mol. The van der Waals surface area contributed by atoms with Crippen LogP contribution in [0, 0.1) is 0 Å². The zero-order valence-electron chi connectivity index (χ0n) is 8.49. The van der Waals surface area contributed by atoms with Gasteiger partial charge in [-0.2, -0.15) is 0 Å². The van der Waals surface area contributed by atoms with Crippen molar-refractivity contribution in [3.63, 3.8) is 0 Å². The Balaban J connectivity index is 2.20. The summed E-state index contributed by atoms with van der Waals surface area (Å²) in [6, 6.07) is 0. The van der Waals surface area contributed by atoms with Crippen LogP contribution in [0.15, 0.2) is 10.2 Å². The summed E-state index contributed by atoms with van der Waals surface area (Å²) in [4.78, 5) is 34.6. The van der Waals surface area contributed by atoms with Crippen LogP contribution >= 0.6 is 11.3 Å². The number of rotatable bonds is 6. The van der Waals surface area contributed by atoms with Crippen molar-refractivity contribution in [2.24, 2.45) is 0 Å². The minimum absolute atomic E-state index is 0.0112. The summed E-state index contributed by atoms with van der Waals surface area (Å²) >= 11 is 1.04. The SMILES string of the molecule is O=C(O)CCCC(=O)NCc1csc(=O)[nH]1. The van der Waals surface area contributed by atoms with Crippen LogP contribution < -0.4 is 10.2 Å². The Morgan fingerprint density at radius 3 is 2.75 bits per heavy atom. The van der Waals surface area contributed by atoms with Crippen LogP contribution in [0.2, 0.25) is 0 Å². The van der Waals surface area contributed by atoms with E-state index in [1.54, 1.807) is 5.38 Å². The van der Waals surface area contributed by atoms with E-state index < -0.39 is 5.97 Å². The third-order valence-corrected chi connectivity index (χ3v) is 2.56. The zero-order chi connectivity index (χ0) is 12.0. The van der Waals surface area contributed by atoms with Gasteiger partial charge in [0.1, 0.15) is 0 Å². The molecule has 0 aliphatic heterocycles. The molecule has 1 heterocycles. The van der Waals surface area contributed by atoms with Crippen molar-refractivity contribution < 1.29 is 14.7 Å². The summed E-state index contributed by atoms with van der Waals surface area (Å²) in [6.07, 6.45) is 0.491. The van der Waals surface area contributed by atoms with E-state index in [0.717, 1.165) is 11.3 Å². The predicted molar refractivity (Wildman–Crippen MR) is 58.3 cm³/mol. The molecule has 1 aromatic heterocycles. The molecule has 88 valence electrons. The van der Waals surface area contributed by atoms with Crippen molar-refractivity contribution >= 4 is 23.2 Å². The minimum atomic E-state index is -0.907. The highest BCUT2D eigenvalue weighted by molar-refractivity contribution is 7.07. The van der Waals surface area contributed by atoms with Gasteiger partial charge in [0, 0.05) is 23.9 Å². The molecule has 1 rings (SSSR count). The molecule has 0 aliphatic carbocycles. The molecule has 0 aromatic carbocycles. The molecule has 7 heteroatoms. The van der Waals surface area contributed by atoms with E-state index in [9.17, 15) is 14.4 Å². The molecule has 0 radical (unpaired) electrons. The van der Waals surface area contributed by atoms with Gasteiger partial charge in [0.05, 0.1) is 6.54 Å². The molecule has 0 saturated heterocycles. The summed E-state index contributed by atoms with van der Waals surface area (Å²) in [7, 11) is 0. The smallest absolute Gasteiger partial charge is 0.304 e. The molecule has 0 bridgehead atoms. The molecule has 0 atom stereocenters. The van der Waals surface area contributed by atoms with Crippen LogP contribution in [-0.2, 0) is 16.1 Å². The van der Waals surface area contributed by atoms with Gasteiger partial charge in [-0.1, -0.05) is 11.3 Å². The second-order valence-electron chi connectivity index (χ2n) is 3.20. The fourth-order valence-corrected chi connectivity index (χ4v) is 1.66. The Morgan fingerprint density at radius 1 is 1.44 bits per heavy atom. The monoisotopic (exact) mass is 244 g/mol. The van der Waals surface area contributed by atoms with E-state index in [1.807, 2.05) is 0 Å². The molecule has 16 heavy (non-hydrogen) atoms. The summed E-state index contributed by atoms with van der Waals surface area (Å²) < 4.78 is 0. The number of carbonyl (C=O) groups excluding carboxylic acids is 1. The average Bonchev–Trinajstić information content (AvgIpc) is 2.61. The van der Waals surface area contributed by atoms with Crippen molar-refractivity contribution in [3.05, 3.63) is 20.7 Å². The summed E-state index contributed by atoms with van der Waals surface area (Å²) in [5, 5.41) is 12.6. The number of carbonyl (C=O) groups is 2. The normalized spacial score (nSPS) is 10.0. The third kappa shape index (κ3) is 4.74. The number of hydrogen-bond donors (Lipinski definition) is 3. The topological polar surface area (TPSA) is 99.3 Å². The Bertz CT molecular complexity index is 423. The van der Waals surface area contributed by atoms with Gasteiger partial charge < -0.3 is 15.4 Å². The third-order valence-electron chi connectivity index (χ3n) is 1.84. The number of aromatic amines is 1. The number of aromatic nitrogens is 1. The number of H-pyrrole nitrogens is 1. The highest BCUT2D eigenvalue weighted by atomic mass is 32.1. The van der Waals surface area contributed by atoms with Gasteiger partial charge in [-0.3, -0.25) is 14.4 Å². The summed E-state index contributed by atoms with van der Waals surface area (Å²) in [5.74, 6) is -1.12.